The van der Waals surface area contributed by atoms with Crippen molar-refractivity contribution in [2.45, 2.75) is 5.92 Å². The van der Waals surface area contributed by atoms with Gasteiger partial charge in [0.2, 0.25) is 6.54 Å². The largest absolute Gasteiger partial charge is 0.343 e. The van der Waals surface area contributed by atoms with Gasteiger partial charge < -0.3 is 4.57 Å². The molecule has 0 saturated carbocycles. The van der Waals surface area contributed by atoms with Crippen LogP contribution in [0, 0.1) is 10.1 Å². The Morgan fingerprint density at radius 1 is 0.964 bits per heavy atom. The Bertz CT molecular complexity index is 1130. The summed E-state index contributed by atoms with van der Waals surface area (Å²) in [6, 6.07) is 25.4. The molecule has 0 amide bonds. The molecule has 4 aromatic rings. The van der Waals surface area contributed by atoms with Crippen molar-refractivity contribution in [2.24, 2.45) is 7.05 Å². The first-order chi connectivity index (χ1) is 13.6. The topological polar surface area (TPSA) is 48.1 Å². The molecule has 4 nitrogen and oxygen atoms in total. The van der Waals surface area contributed by atoms with Crippen molar-refractivity contribution >= 4 is 22.5 Å². The number of nitrogens with zero attached hydrogens (tertiary/aromatic N) is 2. The van der Waals surface area contributed by atoms with E-state index in [1.807, 2.05) is 85.9 Å². The van der Waals surface area contributed by atoms with Crippen LogP contribution in [-0.2, 0) is 7.05 Å². The van der Waals surface area contributed by atoms with Gasteiger partial charge in [0.15, 0.2) is 0 Å². The lowest BCUT2D eigenvalue weighted by molar-refractivity contribution is -0.481. The summed E-state index contributed by atoms with van der Waals surface area (Å²) < 4.78 is 2.11. The summed E-state index contributed by atoms with van der Waals surface area (Å²) in [7, 11) is 2.00. The number of rotatable bonds is 5. The molecule has 0 aliphatic rings. The van der Waals surface area contributed by atoms with Gasteiger partial charge in [-0.15, -0.1) is 0 Å². The van der Waals surface area contributed by atoms with Crippen LogP contribution >= 0.6 is 11.6 Å². The van der Waals surface area contributed by atoms with Crippen LogP contribution in [-0.4, -0.2) is 16.0 Å². The van der Waals surface area contributed by atoms with Crippen molar-refractivity contribution in [1.29, 1.82) is 0 Å². The Hall–Kier alpha value is -3.11. The summed E-state index contributed by atoms with van der Waals surface area (Å²) >= 11 is 6.09. The fourth-order valence-electron chi connectivity index (χ4n) is 3.93. The molecule has 1 heterocycles. The van der Waals surface area contributed by atoms with Gasteiger partial charge in [0.25, 0.3) is 0 Å². The zero-order valence-corrected chi connectivity index (χ0v) is 16.1. The number of nitro groups is 1. The maximum atomic E-state index is 11.6. The van der Waals surface area contributed by atoms with Gasteiger partial charge in [0.05, 0.1) is 11.6 Å². The van der Waals surface area contributed by atoms with Crippen LogP contribution in [0.4, 0.5) is 0 Å². The number of halogens is 1. The molecule has 0 radical (unpaired) electrons. The molecule has 1 aromatic heterocycles. The standard InChI is InChI=1S/C23H19ClN2O2/c1-25-21-10-6-5-9-19(21)22(23(25)17-11-13-18(24)14-12-17)20(15-26(27)28)16-7-3-2-4-8-16/h2-14,20H,15H2,1H3. The van der Waals surface area contributed by atoms with E-state index in [4.69, 9.17) is 11.6 Å². The van der Waals surface area contributed by atoms with Gasteiger partial charge in [0.1, 0.15) is 0 Å². The molecule has 0 spiro atoms. The number of benzene rings is 3. The lowest BCUT2D eigenvalue weighted by atomic mass is 9.87. The monoisotopic (exact) mass is 390 g/mol. The molecule has 28 heavy (non-hydrogen) atoms. The summed E-state index contributed by atoms with van der Waals surface area (Å²) in [5, 5.41) is 13.3. The third kappa shape index (κ3) is 3.27. The Morgan fingerprint density at radius 3 is 2.29 bits per heavy atom. The van der Waals surface area contributed by atoms with Crippen LogP contribution in [0.15, 0.2) is 78.9 Å². The predicted molar refractivity (Wildman–Crippen MR) is 114 cm³/mol. The van der Waals surface area contributed by atoms with E-state index in [0.29, 0.717) is 5.02 Å². The number of hydrogen-bond acceptors (Lipinski definition) is 2. The first kappa shape index (κ1) is 18.3. The highest BCUT2D eigenvalue weighted by Crippen LogP contribution is 2.40. The van der Waals surface area contributed by atoms with Gasteiger partial charge in [-0.1, -0.05) is 72.3 Å². The average Bonchev–Trinajstić information content (AvgIpc) is 3.00. The van der Waals surface area contributed by atoms with Gasteiger partial charge in [-0.25, -0.2) is 0 Å². The van der Waals surface area contributed by atoms with Gasteiger partial charge in [0, 0.05) is 27.9 Å². The number of aryl methyl sites for hydroxylation is 1. The number of hydrogen-bond donors (Lipinski definition) is 0. The van der Waals surface area contributed by atoms with E-state index in [1.54, 1.807) is 0 Å². The molecule has 4 rings (SSSR count). The minimum atomic E-state index is -0.354. The smallest absolute Gasteiger partial charge is 0.214 e. The summed E-state index contributed by atoms with van der Waals surface area (Å²) in [4.78, 5) is 11.3. The average molecular weight is 391 g/mol. The molecule has 0 N–H and O–H groups in total. The number of fused-ring (bicyclic) bond motifs is 1. The molecule has 1 unspecified atom stereocenters. The van der Waals surface area contributed by atoms with Crippen LogP contribution in [0.2, 0.25) is 5.02 Å². The highest BCUT2D eigenvalue weighted by Gasteiger charge is 2.28. The Balaban J connectivity index is 2.04. The third-order valence-electron chi connectivity index (χ3n) is 5.15. The number of aromatic nitrogens is 1. The second-order valence-corrected chi connectivity index (χ2v) is 7.26. The van der Waals surface area contributed by atoms with Crippen molar-refractivity contribution in [3.05, 3.63) is 105 Å². The summed E-state index contributed by atoms with van der Waals surface area (Å²) in [6.45, 7) is -0.168. The zero-order chi connectivity index (χ0) is 19.7. The van der Waals surface area contributed by atoms with Crippen LogP contribution in [0.3, 0.4) is 0 Å². The SMILES string of the molecule is Cn1c(-c2ccc(Cl)cc2)c(C(C[N+](=O)[O-])c2ccccc2)c2ccccc21. The molecule has 0 aliphatic carbocycles. The van der Waals surface area contributed by atoms with E-state index in [2.05, 4.69) is 4.57 Å². The first-order valence-electron chi connectivity index (χ1n) is 9.06. The van der Waals surface area contributed by atoms with E-state index < -0.39 is 0 Å². The van der Waals surface area contributed by atoms with Gasteiger partial charge in [-0.05, 0) is 34.9 Å². The summed E-state index contributed by atoms with van der Waals surface area (Å²) in [5.74, 6) is -0.354. The second kappa shape index (κ2) is 7.49. The normalized spacial score (nSPS) is 12.2. The van der Waals surface area contributed by atoms with E-state index in [0.717, 1.165) is 33.3 Å². The van der Waals surface area contributed by atoms with Crippen molar-refractivity contribution < 1.29 is 4.92 Å². The Labute approximate surface area is 168 Å². The minimum Gasteiger partial charge on any atom is -0.343 e. The van der Waals surface area contributed by atoms with Gasteiger partial charge in [-0.2, -0.15) is 0 Å². The third-order valence-corrected chi connectivity index (χ3v) is 5.40. The van der Waals surface area contributed by atoms with Gasteiger partial charge in [-0.3, -0.25) is 10.1 Å². The highest BCUT2D eigenvalue weighted by atomic mass is 35.5. The molecule has 1 atom stereocenters. The van der Waals surface area contributed by atoms with E-state index >= 15 is 0 Å². The van der Waals surface area contributed by atoms with Crippen molar-refractivity contribution in [2.75, 3.05) is 6.54 Å². The van der Waals surface area contributed by atoms with Crippen LogP contribution in [0.25, 0.3) is 22.2 Å². The van der Waals surface area contributed by atoms with E-state index in [-0.39, 0.29) is 17.4 Å². The predicted octanol–water partition coefficient (Wildman–Crippen LogP) is 5.91. The summed E-state index contributed by atoms with van der Waals surface area (Å²) in [5.41, 5.74) is 4.93. The second-order valence-electron chi connectivity index (χ2n) is 6.82. The van der Waals surface area contributed by atoms with Crippen LogP contribution in [0.5, 0.6) is 0 Å². The highest BCUT2D eigenvalue weighted by molar-refractivity contribution is 6.30. The first-order valence-corrected chi connectivity index (χ1v) is 9.44. The lowest BCUT2D eigenvalue weighted by Gasteiger charge is -2.17. The fourth-order valence-corrected chi connectivity index (χ4v) is 4.06. The maximum Gasteiger partial charge on any atom is 0.214 e. The Morgan fingerprint density at radius 2 is 1.61 bits per heavy atom. The summed E-state index contributed by atoms with van der Waals surface area (Å²) in [6.07, 6.45) is 0. The van der Waals surface area contributed by atoms with E-state index in [1.165, 1.54) is 0 Å². The van der Waals surface area contributed by atoms with Crippen molar-refractivity contribution in [3.8, 4) is 11.3 Å². The minimum absolute atomic E-state index is 0.168. The van der Waals surface area contributed by atoms with Crippen LogP contribution < -0.4 is 0 Å². The molecule has 0 aliphatic heterocycles. The molecular weight excluding hydrogens is 372 g/mol. The molecule has 3 aromatic carbocycles. The van der Waals surface area contributed by atoms with Crippen molar-refractivity contribution in [3.63, 3.8) is 0 Å². The van der Waals surface area contributed by atoms with Gasteiger partial charge >= 0.3 is 0 Å². The maximum absolute atomic E-state index is 11.6. The molecule has 0 bridgehead atoms. The molecule has 0 fully saturated rings. The zero-order valence-electron chi connectivity index (χ0n) is 15.4. The lowest BCUT2D eigenvalue weighted by Crippen LogP contribution is -2.15. The van der Waals surface area contributed by atoms with E-state index in [9.17, 15) is 10.1 Å². The quantitative estimate of drug-likeness (QED) is 0.314. The Kier molecular flexibility index (Phi) is 4.88. The molecule has 5 heteroatoms. The molecule has 140 valence electrons. The van der Waals surface area contributed by atoms with Crippen molar-refractivity contribution in [1.82, 2.24) is 4.57 Å². The molecular formula is C23H19ClN2O2. The molecule has 0 saturated heterocycles. The number of para-hydroxylation sites is 1. The fraction of sp³-hybridized carbons (Fsp3) is 0.130. The van der Waals surface area contributed by atoms with Crippen LogP contribution in [0.1, 0.15) is 17.0 Å².